The average molecular weight is 355 g/mol. The van der Waals surface area contributed by atoms with Crippen LogP contribution in [-0.2, 0) is 0 Å². The molecule has 2 heterocycles. The summed E-state index contributed by atoms with van der Waals surface area (Å²) in [5.74, 6) is -0.000975. The number of hydrogen-bond acceptors (Lipinski definition) is 3. The van der Waals surface area contributed by atoms with Crippen molar-refractivity contribution in [2.24, 2.45) is 0 Å². The molecule has 2 fully saturated rings. The third-order valence-electron chi connectivity index (χ3n) is 4.36. The first kappa shape index (κ1) is 14.4. The van der Waals surface area contributed by atoms with Crippen LogP contribution in [0, 0.1) is 0 Å². The van der Waals surface area contributed by atoms with Gasteiger partial charge in [-0.3, -0.25) is 4.79 Å². The maximum Gasteiger partial charge on any atom is 0.252 e. The maximum atomic E-state index is 12.3. The number of nitrogens with one attached hydrogen (secondary N) is 1. The van der Waals surface area contributed by atoms with Crippen LogP contribution in [0.2, 0.25) is 0 Å². The molecule has 5 heteroatoms. The Morgan fingerprint density at radius 1 is 1.35 bits per heavy atom. The first-order chi connectivity index (χ1) is 9.63. The lowest BCUT2D eigenvalue weighted by atomic mass is 9.97. The molecule has 0 bridgehead atoms. The van der Waals surface area contributed by atoms with E-state index in [-0.39, 0.29) is 5.91 Å². The minimum atomic E-state index is -0.000975. The van der Waals surface area contributed by atoms with Crippen molar-refractivity contribution in [3.05, 3.63) is 28.2 Å². The Balaban J connectivity index is 1.64. The van der Waals surface area contributed by atoms with Crippen molar-refractivity contribution in [2.75, 3.05) is 13.1 Å². The van der Waals surface area contributed by atoms with Crippen molar-refractivity contribution >= 4 is 34.5 Å². The summed E-state index contributed by atoms with van der Waals surface area (Å²) in [5.41, 5.74) is 0.658. The number of carbonyl (C=O) groups is 1. The van der Waals surface area contributed by atoms with Gasteiger partial charge in [0.2, 0.25) is 0 Å². The second kappa shape index (κ2) is 6.08. The van der Waals surface area contributed by atoms with E-state index in [1.165, 1.54) is 19.4 Å². The quantitative estimate of drug-likeness (QED) is 0.799. The summed E-state index contributed by atoms with van der Waals surface area (Å²) in [6.45, 7) is 2.35. The highest BCUT2D eigenvalue weighted by molar-refractivity contribution is 9.10. The fourth-order valence-electron chi connectivity index (χ4n) is 3.32. The van der Waals surface area contributed by atoms with Gasteiger partial charge < -0.3 is 10.2 Å². The summed E-state index contributed by atoms with van der Waals surface area (Å²) in [6.07, 6.45) is 4.73. The molecule has 0 aliphatic carbocycles. The minimum absolute atomic E-state index is 0.000975. The predicted molar refractivity (Wildman–Crippen MR) is 86.5 cm³/mol. The van der Waals surface area contributed by atoms with E-state index >= 15 is 0 Å². The molecule has 2 aliphatic rings. The van der Waals surface area contributed by atoms with Crippen molar-refractivity contribution < 1.29 is 4.79 Å². The van der Waals surface area contributed by atoms with Gasteiger partial charge in [-0.2, -0.15) is 0 Å². The van der Waals surface area contributed by atoms with E-state index in [9.17, 15) is 4.79 Å². The van der Waals surface area contributed by atoms with Crippen LogP contribution in [-0.4, -0.2) is 36.0 Å². The molecule has 0 spiro atoms. The molecule has 2 atom stereocenters. The number of nitrogens with zero attached hydrogens (tertiary/aromatic N) is 1. The number of thiol groups is 1. The van der Waals surface area contributed by atoms with Crippen molar-refractivity contribution in [3.63, 3.8) is 0 Å². The Morgan fingerprint density at radius 2 is 2.20 bits per heavy atom. The van der Waals surface area contributed by atoms with E-state index in [0.717, 1.165) is 28.8 Å². The first-order valence-electron chi connectivity index (χ1n) is 7.17. The lowest BCUT2D eigenvalue weighted by Crippen LogP contribution is -2.47. The number of amides is 1. The monoisotopic (exact) mass is 354 g/mol. The molecule has 1 N–H and O–H groups in total. The molecule has 0 saturated carbocycles. The zero-order chi connectivity index (χ0) is 14.1. The summed E-state index contributed by atoms with van der Waals surface area (Å²) in [6, 6.07) is 6.55. The Bertz CT molecular complexity index is 523. The third kappa shape index (κ3) is 3.05. The molecule has 0 aromatic heterocycles. The van der Waals surface area contributed by atoms with Gasteiger partial charge in [0.25, 0.3) is 5.91 Å². The highest BCUT2D eigenvalue weighted by atomic mass is 79.9. The Labute approximate surface area is 133 Å². The van der Waals surface area contributed by atoms with Gasteiger partial charge in [-0.25, -0.2) is 0 Å². The zero-order valence-corrected chi connectivity index (χ0v) is 13.8. The molecule has 108 valence electrons. The van der Waals surface area contributed by atoms with E-state index in [1.807, 2.05) is 18.2 Å². The molecule has 2 saturated heterocycles. The largest absolute Gasteiger partial charge is 0.349 e. The van der Waals surface area contributed by atoms with E-state index < -0.39 is 0 Å². The normalized spacial score (nSPS) is 26.3. The van der Waals surface area contributed by atoms with Gasteiger partial charge in [0.15, 0.2) is 0 Å². The molecular weight excluding hydrogens is 336 g/mol. The van der Waals surface area contributed by atoms with Crippen molar-refractivity contribution in [2.45, 2.75) is 42.7 Å². The molecular formula is C15H19BrN2OS. The third-order valence-corrected chi connectivity index (χ3v) is 5.22. The average Bonchev–Trinajstić information content (AvgIpc) is 2.85. The molecule has 1 aromatic rings. The Kier molecular flexibility index (Phi) is 4.38. The van der Waals surface area contributed by atoms with Crippen molar-refractivity contribution in [3.8, 4) is 0 Å². The van der Waals surface area contributed by atoms with Crippen LogP contribution in [0.15, 0.2) is 27.6 Å². The lowest BCUT2D eigenvalue weighted by molar-refractivity contribution is 0.0893. The van der Waals surface area contributed by atoms with Gasteiger partial charge in [-0.05, 0) is 50.4 Å². The van der Waals surface area contributed by atoms with E-state index in [2.05, 4.69) is 38.8 Å². The standard InChI is InChI=1S/C15H19BrN2OS/c16-10-3-4-13(14(20)8-10)15(19)17-11-5-7-18-6-1-2-12(18)9-11/h3-4,8,11-12,20H,1-2,5-7,9H2,(H,17,19). The number of piperidine rings is 1. The van der Waals surface area contributed by atoms with Crippen LogP contribution in [0.4, 0.5) is 0 Å². The minimum Gasteiger partial charge on any atom is -0.349 e. The number of rotatable bonds is 2. The van der Waals surface area contributed by atoms with Gasteiger partial charge in [-0.1, -0.05) is 15.9 Å². The molecule has 1 aromatic carbocycles. The maximum absolute atomic E-state index is 12.3. The highest BCUT2D eigenvalue weighted by Gasteiger charge is 2.32. The molecule has 3 rings (SSSR count). The van der Waals surface area contributed by atoms with Gasteiger partial charge >= 0.3 is 0 Å². The zero-order valence-electron chi connectivity index (χ0n) is 11.3. The van der Waals surface area contributed by atoms with Crippen LogP contribution in [0.3, 0.4) is 0 Å². The lowest BCUT2D eigenvalue weighted by Gasteiger charge is -2.35. The summed E-state index contributed by atoms with van der Waals surface area (Å²) in [4.78, 5) is 15.6. The van der Waals surface area contributed by atoms with Crippen LogP contribution >= 0.6 is 28.6 Å². The smallest absolute Gasteiger partial charge is 0.252 e. The van der Waals surface area contributed by atoms with E-state index in [4.69, 9.17) is 0 Å². The second-order valence-corrected chi connectivity index (χ2v) is 7.09. The number of hydrogen-bond donors (Lipinski definition) is 2. The van der Waals surface area contributed by atoms with Crippen LogP contribution in [0.1, 0.15) is 36.0 Å². The van der Waals surface area contributed by atoms with Gasteiger partial charge in [0, 0.05) is 28.0 Å². The van der Waals surface area contributed by atoms with Crippen molar-refractivity contribution in [1.29, 1.82) is 0 Å². The van der Waals surface area contributed by atoms with Gasteiger partial charge in [-0.15, -0.1) is 12.6 Å². The summed E-state index contributed by atoms with van der Waals surface area (Å²) >= 11 is 7.77. The Morgan fingerprint density at radius 3 is 3.00 bits per heavy atom. The fourth-order valence-corrected chi connectivity index (χ4v) is 4.17. The molecule has 3 nitrogen and oxygen atoms in total. The second-order valence-electron chi connectivity index (χ2n) is 5.69. The SMILES string of the molecule is O=C(NC1CCN2CCCC2C1)c1ccc(Br)cc1S. The Hall–Kier alpha value is -0.520. The number of halogens is 1. The van der Waals surface area contributed by atoms with Crippen LogP contribution < -0.4 is 5.32 Å². The first-order valence-corrected chi connectivity index (χ1v) is 8.41. The predicted octanol–water partition coefficient (Wildman–Crippen LogP) is 3.09. The summed E-state index contributed by atoms with van der Waals surface area (Å²) < 4.78 is 0.943. The fraction of sp³-hybridized carbons (Fsp3) is 0.533. The van der Waals surface area contributed by atoms with Crippen LogP contribution in [0.25, 0.3) is 0 Å². The summed E-state index contributed by atoms with van der Waals surface area (Å²) in [7, 11) is 0. The molecule has 20 heavy (non-hydrogen) atoms. The summed E-state index contributed by atoms with van der Waals surface area (Å²) in [5, 5.41) is 3.18. The highest BCUT2D eigenvalue weighted by Crippen LogP contribution is 2.27. The number of benzene rings is 1. The molecule has 2 aliphatic heterocycles. The van der Waals surface area contributed by atoms with Gasteiger partial charge in [0.05, 0.1) is 5.56 Å². The molecule has 1 amide bonds. The van der Waals surface area contributed by atoms with E-state index in [1.54, 1.807) is 0 Å². The van der Waals surface area contributed by atoms with Crippen LogP contribution in [0.5, 0.6) is 0 Å². The number of fused-ring (bicyclic) bond motifs is 1. The topological polar surface area (TPSA) is 32.3 Å². The molecule has 2 unspecified atom stereocenters. The van der Waals surface area contributed by atoms with Gasteiger partial charge in [0.1, 0.15) is 0 Å². The molecule has 0 radical (unpaired) electrons. The number of carbonyl (C=O) groups excluding carboxylic acids is 1. The van der Waals surface area contributed by atoms with Crippen molar-refractivity contribution in [1.82, 2.24) is 10.2 Å². The van der Waals surface area contributed by atoms with E-state index in [0.29, 0.717) is 17.6 Å².